The molecule has 0 saturated heterocycles. The summed E-state index contributed by atoms with van der Waals surface area (Å²) in [5, 5.41) is 3.21. The predicted molar refractivity (Wildman–Crippen MR) is 96.0 cm³/mol. The van der Waals surface area contributed by atoms with Crippen molar-refractivity contribution in [3.8, 4) is 11.3 Å². The van der Waals surface area contributed by atoms with Crippen LogP contribution in [0.1, 0.15) is 20.8 Å². The van der Waals surface area contributed by atoms with E-state index < -0.39 is 5.41 Å². The van der Waals surface area contributed by atoms with Gasteiger partial charge in [-0.1, -0.05) is 57.2 Å². The molecule has 24 heavy (non-hydrogen) atoms. The van der Waals surface area contributed by atoms with Crippen molar-refractivity contribution in [3.63, 3.8) is 0 Å². The molecule has 0 spiro atoms. The number of anilines is 1. The van der Waals surface area contributed by atoms with E-state index >= 15 is 0 Å². The monoisotopic (exact) mass is 321 g/mol. The standard InChI is InChI=1S/C20H19NO3/c1-20(2,3)19(23)21-14-10-7-11-16-18(14)15(22)12-17(24-16)13-8-5-4-6-9-13/h4-12H,1-3H3,(H,21,23). The van der Waals surface area contributed by atoms with E-state index in [4.69, 9.17) is 4.42 Å². The van der Waals surface area contributed by atoms with Crippen LogP contribution in [0.25, 0.3) is 22.3 Å². The van der Waals surface area contributed by atoms with Gasteiger partial charge in [0.1, 0.15) is 11.3 Å². The number of hydrogen-bond donors (Lipinski definition) is 1. The molecule has 0 radical (unpaired) electrons. The van der Waals surface area contributed by atoms with Gasteiger partial charge in [-0.05, 0) is 12.1 Å². The lowest BCUT2D eigenvalue weighted by Gasteiger charge is -2.18. The van der Waals surface area contributed by atoms with Gasteiger partial charge in [0.2, 0.25) is 5.91 Å². The Morgan fingerprint density at radius 3 is 2.38 bits per heavy atom. The van der Waals surface area contributed by atoms with Crippen molar-refractivity contribution in [3.05, 3.63) is 64.8 Å². The third-order valence-electron chi connectivity index (χ3n) is 3.74. The summed E-state index contributed by atoms with van der Waals surface area (Å²) in [6.45, 7) is 5.47. The maximum atomic E-state index is 12.6. The molecule has 1 heterocycles. The Labute approximate surface area is 140 Å². The van der Waals surface area contributed by atoms with Crippen molar-refractivity contribution in [2.45, 2.75) is 20.8 Å². The lowest BCUT2D eigenvalue weighted by atomic mass is 9.95. The van der Waals surface area contributed by atoms with Crippen LogP contribution in [0, 0.1) is 5.41 Å². The highest BCUT2D eigenvalue weighted by Crippen LogP contribution is 2.27. The van der Waals surface area contributed by atoms with Gasteiger partial charge in [0.15, 0.2) is 5.43 Å². The summed E-state index contributed by atoms with van der Waals surface area (Å²) in [5.74, 6) is 0.355. The van der Waals surface area contributed by atoms with E-state index in [1.54, 1.807) is 18.2 Å². The topological polar surface area (TPSA) is 59.3 Å². The number of carbonyl (C=O) groups is 1. The van der Waals surface area contributed by atoms with Crippen molar-refractivity contribution in [2.75, 3.05) is 5.32 Å². The Balaban J connectivity index is 2.12. The van der Waals surface area contributed by atoms with Gasteiger partial charge in [-0.15, -0.1) is 0 Å². The number of amides is 1. The molecule has 0 fully saturated rings. The third kappa shape index (κ3) is 3.08. The molecular weight excluding hydrogens is 302 g/mol. The van der Waals surface area contributed by atoms with E-state index in [0.717, 1.165) is 5.56 Å². The van der Waals surface area contributed by atoms with E-state index in [9.17, 15) is 9.59 Å². The average molecular weight is 321 g/mol. The van der Waals surface area contributed by atoms with Crippen LogP contribution in [0.15, 0.2) is 63.8 Å². The second kappa shape index (κ2) is 5.96. The Morgan fingerprint density at radius 1 is 1.00 bits per heavy atom. The van der Waals surface area contributed by atoms with E-state index in [0.29, 0.717) is 22.4 Å². The van der Waals surface area contributed by atoms with Gasteiger partial charge in [-0.2, -0.15) is 0 Å². The number of hydrogen-bond acceptors (Lipinski definition) is 3. The number of benzene rings is 2. The van der Waals surface area contributed by atoms with Gasteiger partial charge in [0, 0.05) is 17.0 Å². The lowest BCUT2D eigenvalue weighted by molar-refractivity contribution is -0.123. The van der Waals surface area contributed by atoms with Gasteiger partial charge in [-0.3, -0.25) is 9.59 Å². The van der Waals surface area contributed by atoms with Crippen LogP contribution >= 0.6 is 0 Å². The molecule has 0 aliphatic rings. The van der Waals surface area contributed by atoms with Gasteiger partial charge >= 0.3 is 0 Å². The number of carbonyl (C=O) groups excluding carboxylic acids is 1. The summed E-state index contributed by atoms with van der Waals surface area (Å²) < 4.78 is 5.89. The summed E-state index contributed by atoms with van der Waals surface area (Å²) in [6, 6.07) is 16.1. The van der Waals surface area contributed by atoms with Crippen LogP contribution < -0.4 is 10.7 Å². The molecular formula is C20H19NO3. The highest BCUT2D eigenvalue weighted by atomic mass is 16.3. The molecule has 122 valence electrons. The van der Waals surface area contributed by atoms with Crippen LogP contribution in [-0.4, -0.2) is 5.91 Å². The van der Waals surface area contributed by atoms with Crippen LogP contribution in [0.4, 0.5) is 5.69 Å². The van der Waals surface area contributed by atoms with E-state index in [2.05, 4.69) is 5.32 Å². The maximum Gasteiger partial charge on any atom is 0.229 e. The van der Waals surface area contributed by atoms with Gasteiger partial charge in [-0.25, -0.2) is 0 Å². The van der Waals surface area contributed by atoms with Crippen LogP contribution in [0.5, 0.6) is 0 Å². The van der Waals surface area contributed by atoms with Gasteiger partial charge < -0.3 is 9.73 Å². The van der Waals surface area contributed by atoms with Crippen molar-refractivity contribution in [1.29, 1.82) is 0 Å². The summed E-state index contributed by atoms with van der Waals surface area (Å²) >= 11 is 0. The minimum atomic E-state index is -0.549. The van der Waals surface area contributed by atoms with Crippen molar-refractivity contribution in [1.82, 2.24) is 0 Å². The van der Waals surface area contributed by atoms with Gasteiger partial charge in [0.05, 0.1) is 11.1 Å². The molecule has 2 aromatic carbocycles. The minimum absolute atomic E-state index is 0.151. The predicted octanol–water partition coefficient (Wildman–Crippen LogP) is 4.44. The fraction of sp³-hybridized carbons (Fsp3) is 0.200. The number of rotatable bonds is 2. The first-order valence-electron chi connectivity index (χ1n) is 7.80. The molecule has 0 atom stereocenters. The molecule has 3 rings (SSSR count). The molecule has 4 heteroatoms. The Kier molecular flexibility index (Phi) is 3.97. The number of nitrogens with one attached hydrogen (secondary N) is 1. The molecule has 1 amide bonds. The van der Waals surface area contributed by atoms with E-state index in [-0.39, 0.29) is 11.3 Å². The molecule has 3 aromatic rings. The lowest BCUT2D eigenvalue weighted by Crippen LogP contribution is -2.28. The van der Waals surface area contributed by atoms with Crippen LogP contribution in [0.2, 0.25) is 0 Å². The molecule has 1 aromatic heterocycles. The quantitative estimate of drug-likeness (QED) is 0.759. The fourth-order valence-corrected chi connectivity index (χ4v) is 2.37. The maximum absolute atomic E-state index is 12.6. The minimum Gasteiger partial charge on any atom is -0.456 e. The zero-order valence-electron chi connectivity index (χ0n) is 13.9. The van der Waals surface area contributed by atoms with Crippen molar-refractivity contribution < 1.29 is 9.21 Å². The smallest absolute Gasteiger partial charge is 0.229 e. The highest BCUT2D eigenvalue weighted by Gasteiger charge is 2.22. The first-order chi connectivity index (χ1) is 11.4. The Bertz CT molecular complexity index is 950. The van der Waals surface area contributed by atoms with Crippen molar-refractivity contribution in [2.24, 2.45) is 5.41 Å². The SMILES string of the molecule is CC(C)(C)C(=O)Nc1cccc2oc(-c3ccccc3)cc(=O)c12. The second-order valence-electron chi connectivity index (χ2n) is 6.72. The second-order valence-corrected chi connectivity index (χ2v) is 6.72. The Morgan fingerprint density at radius 2 is 1.71 bits per heavy atom. The molecule has 0 saturated carbocycles. The summed E-state index contributed by atoms with van der Waals surface area (Å²) in [4.78, 5) is 24.8. The van der Waals surface area contributed by atoms with Crippen LogP contribution in [-0.2, 0) is 4.79 Å². The summed E-state index contributed by atoms with van der Waals surface area (Å²) in [5.41, 5.74) is 1.03. The zero-order chi connectivity index (χ0) is 17.3. The molecule has 1 N–H and O–H groups in total. The summed E-state index contributed by atoms with van der Waals surface area (Å²) in [7, 11) is 0. The third-order valence-corrected chi connectivity index (χ3v) is 3.74. The molecule has 0 aliphatic heterocycles. The average Bonchev–Trinajstić information content (AvgIpc) is 2.54. The first-order valence-corrected chi connectivity index (χ1v) is 7.80. The summed E-state index contributed by atoms with van der Waals surface area (Å²) in [6.07, 6.45) is 0. The largest absolute Gasteiger partial charge is 0.456 e. The molecule has 4 nitrogen and oxygen atoms in total. The van der Waals surface area contributed by atoms with Crippen LogP contribution in [0.3, 0.4) is 0 Å². The van der Waals surface area contributed by atoms with E-state index in [1.165, 1.54) is 6.07 Å². The van der Waals surface area contributed by atoms with Gasteiger partial charge in [0.25, 0.3) is 0 Å². The molecule has 0 unspecified atom stereocenters. The molecule has 0 aliphatic carbocycles. The first kappa shape index (κ1) is 16.0. The van der Waals surface area contributed by atoms with E-state index in [1.807, 2.05) is 51.1 Å². The highest BCUT2D eigenvalue weighted by molar-refractivity contribution is 6.02. The zero-order valence-corrected chi connectivity index (χ0v) is 13.9. The fourth-order valence-electron chi connectivity index (χ4n) is 2.37. The number of fused-ring (bicyclic) bond motifs is 1. The molecule has 0 bridgehead atoms. The van der Waals surface area contributed by atoms with Crippen molar-refractivity contribution >= 4 is 22.6 Å². The Hall–Kier alpha value is -2.88. The normalized spacial score (nSPS) is 11.5.